The molecule has 0 spiro atoms. The molecule has 1 unspecified atom stereocenters. The molecule has 0 radical (unpaired) electrons. The molecule has 0 aliphatic carbocycles. The van der Waals surface area contributed by atoms with Crippen molar-refractivity contribution in [2.45, 2.75) is 6.04 Å². The zero-order valence-corrected chi connectivity index (χ0v) is 7.43. The van der Waals surface area contributed by atoms with Gasteiger partial charge < -0.3 is 4.79 Å². The molecule has 1 atom stereocenters. The van der Waals surface area contributed by atoms with Gasteiger partial charge in [0.05, 0.1) is 12.2 Å². The smallest absolute Gasteiger partial charge is 0.147 e. The van der Waals surface area contributed by atoms with Gasteiger partial charge in [-0.3, -0.25) is 4.99 Å². The maximum absolute atomic E-state index is 13.6. The standard InChI is InChI=1S/C10H9FN2O/c11-13-9(7-14)6-12-5-8-3-1-2-4-10(8)13/h1-5,7,9H,6H2. The largest absolute Gasteiger partial charge is 0.301 e. The highest BCUT2D eigenvalue weighted by Crippen LogP contribution is 2.23. The molecule has 1 aliphatic rings. The van der Waals surface area contributed by atoms with E-state index in [0.29, 0.717) is 22.7 Å². The molecule has 0 N–H and O–H groups in total. The first-order valence-corrected chi connectivity index (χ1v) is 4.32. The first-order valence-electron chi connectivity index (χ1n) is 4.32. The Bertz CT molecular complexity index is 378. The number of aldehydes is 1. The predicted octanol–water partition coefficient (Wildman–Crippen LogP) is 1.38. The summed E-state index contributed by atoms with van der Waals surface area (Å²) in [5, 5.41) is 0.468. The molecule has 2 rings (SSSR count). The summed E-state index contributed by atoms with van der Waals surface area (Å²) >= 11 is 0. The van der Waals surface area contributed by atoms with Gasteiger partial charge in [0.15, 0.2) is 0 Å². The van der Waals surface area contributed by atoms with Crippen LogP contribution in [-0.2, 0) is 4.79 Å². The molecule has 1 aromatic carbocycles. The number of carbonyl (C=O) groups is 1. The Labute approximate surface area is 80.8 Å². The number of benzodiazepines with no additional fused rings is 1. The quantitative estimate of drug-likeness (QED) is 0.497. The van der Waals surface area contributed by atoms with E-state index in [0.717, 1.165) is 0 Å². The number of hydrogen-bond donors (Lipinski definition) is 0. The highest BCUT2D eigenvalue weighted by atomic mass is 19.2. The molecule has 1 heterocycles. The summed E-state index contributed by atoms with van der Waals surface area (Å²) in [6.45, 7) is 0.161. The molecule has 14 heavy (non-hydrogen) atoms. The SMILES string of the molecule is O=CC1CN=Cc2ccccc2N1F. The van der Waals surface area contributed by atoms with Gasteiger partial charge in [-0.25, -0.2) is 0 Å². The lowest BCUT2D eigenvalue weighted by molar-refractivity contribution is -0.109. The molecule has 0 saturated heterocycles. The van der Waals surface area contributed by atoms with E-state index in [4.69, 9.17) is 0 Å². The van der Waals surface area contributed by atoms with Crippen molar-refractivity contribution in [1.29, 1.82) is 0 Å². The second-order valence-corrected chi connectivity index (χ2v) is 3.07. The third-order valence-corrected chi connectivity index (χ3v) is 2.14. The van der Waals surface area contributed by atoms with Gasteiger partial charge in [0.1, 0.15) is 12.3 Å². The lowest BCUT2D eigenvalue weighted by Gasteiger charge is -2.18. The lowest BCUT2D eigenvalue weighted by atomic mass is 10.2. The van der Waals surface area contributed by atoms with Crippen molar-refractivity contribution in [3.8, 4) is 0 Å². The van der Waals surface area contributed by atoms with E-state index in [9.17, 15) is 9.28 Å². The molecule has 0 bridgehead atoms. The Balaban J connectivity index is 2.46. The zero-order valence-electron chi connectivity index (χ0n) is 7.43. The van der Waals surface area contributed by atoms with Crippen molar-refractivity contribution < 1.29 is 9.28 Å². The number of nitrogens with zero attached hydrogens (tertiary/aromatic N) is 2. The summed E-state index contributed by atoms with van der Waals surface area (Å²) in [6.07, 6.45) is 2.16. The van der Waals surface area contributed by atoms with Crippen LogP contribution in [-0.4, -0.2) is 25.1 Å². The number of rotatable bonds is 1. The van der Waals surface area contributed by atoms with E-state index in [-0.39, 0.29) is 6.54 Å². The molecular formula is C10H9FN2O. The second-order valence-electron chi connectivity index (χ2n) is 3.07. The molecule has 1 aliphatic heterocycles. The minimum absolute atomic E-state index is 0.161. The van der Waals surface area contributed by atoms with Gasteiger partial charge in [0.2, 0.25) is 0 Å². The molecular weight excluding hydrogens is 183 g/mol. The fourth-order valence-corrected chi connectivity index (χ4v) is 1.40. The van der Waals surface area contributed by atoms with Crippen LogP contribution in [0, 0.1) is 0 Å². The Hall–Kier alpha value is -1.71. The van der Waals surface area contributed by atoms with Crippen LogP contribution >= 0.6 is 0 Å². The molecule has 3 nitrogen and oxygen atoms in total. The number of benzene rings is 1. The summed E-state index contributed by atoms with van der Waals surface area (Å²) in [5.41, 5.74) is 1.09. The topological polar surface area (TPSA) is 32.7 Å². The van der Waals surface area contributed by atoms with E-state index in [1.54, 1.807) is 30.5 Å². The minimum Gasteiger partial charge on any atom is -0.301 e. The predicted molar refractivity (Wildman–Crippen MR) is 52.3 cm³/mol. The highest BCUT2D eigenvalue weighted by Gasteiger charge is 2.21. The molecule has 72 valence electrons. The van der Waals surface area contributed by atoms with E-state index in [2.05, 4.69) is 4.99 Å². The fourth-order valence-electron chi connectivity index (χ4n) is 1.40. The number of aliphatic imine (C=N–C) groups is 1. The normalized spacial score (nSPS) is 20.1. The number of carbonyl (C=O) groups excluding carboxylic acids is 1. The Morgan fingerprint density at radius 3 is 3.07 bits per heavy atom. The number of hydrogen-bond acceptors (Lipinski definition) is 3. The molecule has 0 saturated carbocycles. The van der Waals surface area contributed by atoms with Crippen LogP contribution in [0.1, 0.15) is 5.56 Å². The number of fused-ring (bicyclic) bond motifs is 1. The molecule has 1 aromatic rings. The van der Waals surface area contributed by atoms with Gasteiger partial charge in [-0.15, -0.1) is 0 Å². The second kappa shape index (κ2) is 3.57. The van der Waals surface area contributed by atoms with E-state index in [1.807, 2.05) is 0 Å². The number of anilines is 1. The summed E-state index contributed by atoms with van der Waals surface area (Å²) in [4.78, 5) is 14.6. The van der Waals surface area contributed by atoms with Gasteiger partial charge in [-0.2, -0.15) is 5.12 Å². The van der Waals surface area contributed by atoms with Crippen molar-refractivity contribution >= 4 is 18.2 Å². The summed E-state index contributed by atoms with van der Waals surface area (Å²) in [7, 11) is 0. The van der Waals surface area contributed by atoms with Crippen LogP contribution in [0.25, 0.3) is 0 Å². The number of para-hydroxylation sites is 1. The summed E-state index contributed by atoms with van der Waals surface area (Å²) in [6, 6.07) is 6.11. The van der Waals surface area contributed by atoms with Crippen LogP contribution in [0.15, 0.2) is 29.3 Å². The van der Waals surface area contributed by atoms with E-state index in [1.165, 1.54) is 0 Å². The maximum Gasteiger partial charge on any atom is 0.147 e. The first kappa shape index (κ1) is 8.87. The van der Waals surface area contributed by atoms with E-state index < -0.39 is 6.04 Å². The Morgan fingerprint density at radius 2 is 2.29 bits per heavy atom. The summed E-state index contributed by atoms with van der Waals surface area (Å²) in [5.74, 6) is 0. The summed E-state index contributed by atoms with van der Waals surface area (Å²) < 4.78 is 13.6. The van der Waals surface area contributed by atoms with Gasteiger partial charge in [0, 0.05) is 11.8 Å². The minimum atomic E-state index is -0.810. The first-order chi connectivity index (χ1) is 6.83. The Kier molecular flexibility index (Phi) is 2.26. The van der Waals surface area contributed by atoms with Crippen molar-refractivity contribution in [3.63, 3.8) is 0 Å². The van der Waals surface area contributed by atoms with Crippen LogP contribution in [0.3, 0.4) is 0 Å². The molecule has 0 amide bonds. The molecule has 0 fully saturated rings. The van der Waals surface area contributed by atoms with Crippen LogP contribution in [0.4, 0.5) is 10.2 Å². The van der Waals surface area contributed by atoms with Crippen LogP contribution < -0.4 is 5.12 Å². The fraction of sp³-hybridized carbons (Fsp3) is 0.200. The monoisotopic (exact) mass is 192 g/mol. The third kappa shape index (κ3) is 1.39. The Morgan fingerprint density at radius 1 is 1.50 bits per heavy atom. The van der Waals surface area contributed by atoms with Crippen LogP contribution in [0.5, 0.6) is 0 Å². The van der Waals surface area contributed by atoms with Crippen molar-refractivity contribution in [1.82, 2.24) is 0 Å². The van der Waals surface area contributed by atoms with Gasteiger partial charge in [-0.1, -0.05) is 22.7 Å². The van der Waals surface area contributed by atoms with Gasteiger partial charge >= 0.3 is 0 Å². The van der Waals surface area contributed by atoms with Crippen molar-refractivity contribution in [3.05, 3.63) is 29.8 Å². The van der Waals surface area contributed by atoms with Crippen molar-refractivity contribution in [2.24, 2.45) is 4.99 Å². The number of halogens is 1. The average Bonchev–Trinajstić information content (AvgIpc) is 2.39. The van der Waals surface area contributed by atoms with Crippen LogP contribution in [0.2, 0.25) is 0 Å². The van der Waals surface area contributed by atoms with Gasteiger partial charge in [0.25, 0.3) is 0 Å². The zero-order chi connectivity index (χ0) is 9.97. The van der Waals surface area contributed by atoms with E-state index >= 15 is 0 Å². The average molecular weight is 192 g/mol. The lowest BCUT2D eigenvalue weighted by Crippen LogP contribution is -2.31. The maximum atomic E-state index is 13.6. The molecule has 0 aromatic heterocycles. The third-order valence-electron chi connectivity index (χ3n) is 2.14. The highest BCUT2D eigenvalue weighted by molar-refractivity contribution is 5.89. The van der Waals surface area contributed by atoms with Crippen molar-refractivity contribution in [2.75, 3.05) is 11.7 Å². The van der Waals surface area contributed by atoms with Gasteiger partial charge in [-0.05, 0) is 6.07 Å². The molecule has 4 heteroatoms.